The van der Waals surface area contributed by atoms with E-state index in [0.29, 0.717) is 17.4 Å². The van der Waals surface area contributed by atoms with Gasteiger partial charge >= 0.3 is 5.97 Å². The highest BCUT2D eigenvalue weighted by Crippen LogP contribution is 2.41. The zero-order valence-electron chi connectivity index (χ0n) is 20.7. The highest BCUT2D eigenvalue weighted by molar-refractivity contribution is 7.99. The number of hydrogen-bond donors (Lipinski definition) is 0. The molecule has 0 amide bonds. The molecule has 6 atom stereocenters. The molecule has 1 aromatic heterocycles. The van der Waals surface area contributed by atoms with E-state index in [-0.39, 0.29) is 6.61 Å². The van der Waals surface area contributed by atoms with E-state index < -0.39 is 42.1 Å². The van der Waals surface area contributed by atoms with Crippen LogP contribution in [0.15, 0.2) is 94.6 Å². The monoisotopic (exact) mass is 533 g/mol. The van der Waals surface area contributed by atoms with Crippen molar-refractivity contribution < 1.29 is 32.9 Å². The van der Waals surface area contributed by atoms with Crippen LogP contribution in [0.1, 0.15) is 24.3 Å². The Balaban J connectivity index is 1.30. The summed E-state index contributed by atoms with van der Waals surface area (Å²) in [7, 11) is 0. The van der Waals surface area contributed by atoms with Crippen LogP contribution in [-0.2, 0) is 35.1 Å². The minimum Gasteiger partial charge on any atom is -0.457 e. The van der Waals surface area contributed by atoms with E-state index in [1.165, 1.54) is 18.7 Å². The van der Waals surface area contributed by atoms with Crippen LogP contribution in [0, 0.1) is 0 Å². The van der Waals surface area contributed by atoms with Gasteiger partial charge < -0.3 is 28.1 Å². The fourth-order valence-electron chi connectivity index (χ4n) is 4.69. The number of benzene rings is 3. The zero-order chi connectivity index (χ0) is 25.9. The van der Waals surface area contributed by atoms with E-state index in [1.807, 2.05) is 84.9 Å². The lowest BCUT2D eigenvalue weighted by atomic mass is 9.98. The second-order valence-corrected chi connectivity index (χ2v) is 10.2. The predicted octanol–water partition coefficient (Wildman–Crippen LogP) is 5.28. The summed E-state index contributed by atoms with van der Waals surface area (Å²) in [6, 6.07) is 27.0. The molecule has 0 radical (unpaired) electrons. The molecule has 0 bridgehead atoms. The number of carbonyl (C=O) groups excluding carboxylic acids is 1. The molecule has 2 fully saturated rings. The van der Waals surface area contributed by atoms with E-state index in [4.69, 9.17) is 28.1 Å². The summed E-state index contributed by atoms with van der Waals surface area (Å²) in [6.07, 6.45) is -3.12. The standard InChI is InChI=1S/C29H27NO7S/c1-18(31)34-25-24-23(17-33-27(37-24)20-12-6-3-7-13-20)35-28(26(25)32-16-19-10-4-2-5-11-19)38-29-30-21-14-8-9-15-22(21)36-29/h2-15,23-28H,16-17H2,1H3/t23-,24+,25+,26-,27+,28+/m1/s1. The maximum Gasteiger partial charge on any atom is 0.303 e. The van der Waals surface area contributed by atoms with E-state index in [9.17, 15) is 4.79 Å². The number of ether oxygens (including phenoxy) is 5. The van der Waals surface area contributed by atoms with Gasteiger partial charge in [-0.2, -0.15) is 0 Å². The van der Waals surface area contributed by atoms with Crippen LogP contribution in [0.25, 0.3) is 11.1 Å². The first-order chi connectivity index (χ1) is 18.6. The number of para-hydroxylation sites is 2. The molecule has 0 N–H and O–H groups in total. The molecule has 9 heteroatoms. The maximum absolute atomic E-state index is 12.3. The lowest BCUT2D eigenvalue weighted by molar-refractivity contribution is -0.324. The van der Waals surface area contributed by atoms with Gasteiger partial charge in [0.05, 0.1) is 13.2 Å². The summed E-state index contributed by atoms with van der Waals surface area (Å²) in [5.41, 5.74) is 2.68. The molecular weight excluding hydrogens is 506 g/mol. The largest absolute Gasteiger partial charge is 0.457 e. The molecule has 3 heterocycles. The first-order valence-electron chi connectivity index (χ1n) is 12.5. The van der Waals surface area contributed by atoms with E-state index in [0.717, 1.165) is 16.6 Å². The number of aromatic nitrogens is 1. The molecule has 2 aliphatic rings. The average molecular weight is 534 g/mol. The lowest BCUT2D eigenvalue weighted by Crippen LogP contribution is -2.62. The number of esters is 1. The Labute approximate surface area is 224 Å². The lowest BCUT2D eigenvalue weighted by Gasteiger charge is -2.48. The fraction of sp³-hybridized carbons (Fsp3) is 0.310. The van der Waals surface area contributed by atoms with Gasteiger partial charge in [-0.1, -0.05) is 72.8 Å². The molecule has 2 aliphatic heterocycles. The molecule has 8 nitrogen and oxygen atoms in total. The zero-order valence-corrected chi connectivity index (χ0v) is 21.5. The predicted molar refractivity (Wildman–Crippen MR) is 139 cm³/mol. The van der Waals surface area contributed by atoms with Gasteiger partial charge in [-0.15, -0.1) is 0 Å². The number of thioether (sulfide) groups is 1. The highest BCUT2D eigenvalue weighted by Gasteiger charge is 2.53. The van der Waals surface area contributed by atoms with Crippen LogP contribution in [-0.4, -0.2) is 47.4 Å². The summed E-state index contributed by atoms with van der Waals surface area (Å²) < 4.78 is 37.1. The Morgan fingerprint density at radius 2 is 1.68 bits per heavy atom. The van der Waals surface area contributed by atoms with Crippen LogP contribution in [0.2, 0.25) is 0 Å². The maximum atomic E-state index is 12.3. The molecular formula is C29H27NO7S. The summed E-state index contributed by atoms with van der Waals surface area (Å²) >= 11 is 1.29. The number of rotatable bonds is 7. The molecule has 4 aromatic rings. The van der Waals surface area contributed by atoms with Gasteiger partial charge in [-0.3, -0.25) is 4.79 Å². The van der Waals surface area contributed by atoms with Gasteiger partial charge in [0.1, 0.15) is 29.3 Å². The van der Waals surface area contributed by atoms with Gasteiger partial charge in [0.15, 0.2) is 18.0 Å². The topological polar surface area (TPSA) is 89.3 Å². The van der Waals surface area contributed by atoms with Gasteiger partial charge in [-0.05, 0) is 29.5 Å². The molecule has 0 saturated carbocycles. The number of nitrogens with zero attached hydrogens (tertiary/aromatic N) is 1. The summed E-state index contributed by atoms with van der Waals surface area (Å²) in [5.74, 6) is -0.430. The molecule has 2 saturated heterocycles. The van der Waals surface area contributed by atoms with E-state index >= 15 is 0 Å². The van der Waals surface area contributed by atoms with Crippen LogP contribution in [0.3, 0.4) is 0 Å². The van der Waals surface area contributed by atoms with Crippen molar-refractivity contribution in [3.8, 4) is 0 Å². The Kier molecular flexibility index (Phi) is 7.44. The average Bonchev–Trinajstić information content (AvgIpc) is 3.36. The van der Waals surface area contributed by atoms with Crippen molar-refractivity contribution in [3.63, 3.8) is 0 Å². The first kappa shape index (κ1) is 25.1. The van der Waals surface area contributed by atoms with Gasteiger partial charge in [0.25, 0.3) is 5.22 Å². The number of carbonyl (C=O) groups is 1. The third-order valence-corrected chi connectivity index (χ3v) is 7.42. The molecule has 38 heavy (non-hydrogen) atoms. The van der Waals surface area contributed by atoms with Crippen molar-refractivity contribution in [2.45, 2.75) is 54.9 Å². The Morgan fingerprint density at radius 3 is 2.45 bits per heavy atom. The highest BCUT2D eigenvalue weighted by atomic mass is 32.2. The van der Waals surface area contributed by atoms with Crippen molar-refractivity contribution in [2.24, 2.45) is 0 Å². The van der Waals surface area contributed by atoms with E-state index in [2.05, 4.69) is 4.98 Å². The SMILES string of the molecule is CC(=O)O[C@H]1[C@H]2O[C@@H](c3ccccc3)OC[C@H]2O[C@@H](Sc2nc3ccccc3o2)[C@@H]1OCc1ccccc1. The summed E-state index contributed by atoms with van der Waals surface area (Å²) in [6.45, 7) is 1.95. The third kappa shape index (κ3) is 5.48. The minimum absolute atomic E-state index is 0.262. The molecule has 3 aromatic carbocycles. The normalized spacial score (nSPS) is 27.1. The van der Waals surface area contributed by atoms with Crippen LogP contribution < -0.4 is 0 Å². The molecule has 0 unspecified atom stereocenters. The summed E-state index contributed by atoms with van der Waals surface area (Å²) in [4.78, 5) is 16.9. The number of oxazole rings is 1. The van der Waals surface area contributed by atoms with Gasteiger partial charge in [0.2, 0.25) is 0 Å². The summed E-state index contributed by atoms with van der Waals surface area (Å²) in [5, 5.41) is 0.435. The molecule has 196 valence electrons. The van der Waals surface area contributed by atoms with Crippen molar-refractivity contribution in [1.82, 2.24) is 4.98 Å². The molecule has 6 rings (SSSR count). The second-order valence-electron chi connectivity index (χ2n) is 9.12. The van der Waals surface area contributed by atoms with Crippen molar-refractivity contribution in [3.05, 3.63) is 96.1 Å². The van der Waals surface area contributed by atoms with Crippen molar-refractivity contribution in [2.75, 3.05) is 6.61 Å². The second kappa shape index (κ2) is 11.3. The fourth-order valence-corrected chi connectivity index (χ4v) is 5.74. The van der Waals surface area contributed by atoms with Crippen LogP contribution in [0.5, 0.6) is 0 Å². The third-order valence-electron chi connectivity index (χ3n) is 6.43. The van der Waals surface area contributed by atoms with Gasteiger partial charge in [-0.25, -0.2) is 4.98 Å². The van der Waals surface area contributed by atoms with Crippen molar-refractivity contribution in [1.29, 1.82) is 0 Å². The smallest absolute Gasteiger partial charge is 0.303 e. The van der Waals surface area contributed by atoms with Crippen molar-refractivity contribution >= 4 is 28.8 Å². The van der Waals surface area contributed by atoms with Gasteiger partial charge in [0, 0.05) is 12.5 Å². The Hall–Kier alpha value is -3.21. The quantitative estimate of drug-likeness (QED) is 0.295. The van der Waals surface area contributed by atoms with E-state index in [1.54, 1.807) is 0 Å². The molecule has 0 aliphatic carbocycles. The minimum atomic E-state index is -0.744. The number of fused-ring (bicyclic) bond motifs is 2. The Bertz CT molecular complexity index is 1330. The first-order valence-corrected chi connectivity index (χ1v) is 13.3. The Morgan fingerprint density at radius 1 is 0.947 bits per heavy atom. The molecule has 0 spiro atoms. The van der Waals surface area contributed by atoms with Crippen LogP contribution >= 0.6 is 11.8 Å². The van der Waals surface area contributed by atoms with Crippen LogP contribution in [0.4, 0.5) is 0 Å². The number of hydrogen-bond acceptors (Lipinski definition) is 9.